The van der Waals surface area contributed by atoms with E-state index in [0.29, 0.717) is 28.5 Å². The highest BCUT2D eigenvalue weighted by Crippen LogP contribution is 2.33. The molecular weight excluding hydrogens is 316 g/mol. The second-order valence-electron chi connectivity index (χ2n) is 6.20. The van der Waals surface area contributed by atoms with Crippen LogP contribution in [0.4, 0.5) is 5.69 Å². The zero-order valence-electron chi connectivity index (χ0n) is 13.2. The van der Waals surface area contributed by atoms with E-state index in [1.807, 2.05) is 0 Å². The quantitative estimate of drug-likeness (QED) is 0.747. The summed E-state index contributed by atoms with van der Waals surface area (Å²) < 4.78 is 7.51. The number of nitrogen functional groups attached to an aromatic ring is 1. The van der Waals surface area contributed by atoms with E-state index in [2.05, 4.69) is 23.8 Å². The summed E-state index contributed by atoms with van der Waals surface area (Å²) in [7, 11) is 0. The fraction of sp³-hybridized carbons (Fsp3) is 0.600. The fourth-order valence-electron chi connectivity index (χ4n) is 2.66. The Kier molecular flexibility index (Phi) is 4.77. The normalized spacial score (nSPS) is 28.0. The largest absolute Gasteiger partial charge is 0.397 e. The molecule has 0 aromatic carbocycles. The average Bonchev–Trinajstić information content (AvgIpc) is 3.04. The molecule has 1 unspecified atom stereocenters. The number of hydrogen-bond acceptors (Lipinski definition) is 7. The number of hydrogen-bond donors (Lipinski definition) is 3. The molecule has 2 aromatic rings. The van der Waals surface area contributed by atoms with Crippen molar-refractivity contribution in [3.63, 3.8) is 0 Å². The molecule has 23 heavy (non-hydrogen) atoms. The molecule has 3 heterocycles. The van der Waals surface area contributed by atoms with Gasteiger partial charge in [0, 0.05) is 11.9 Å². The fourth-order valence-corrected chi connectivity index (χ4v) is 3.77. The Morgan fingerprint density at radius 3 is 2.87 bits per heavy atom. The molecule has 4 atom stereocenters. The molecule has 3 rings (SSSR count). The van der Waals surface area contributed by atoms with Gasteiger partial charge in [-0.3, -0.25) is 4.57 Å². The van der Waals surface area contributed by atoms with Crippen LogP contribution in [0.25, 0.3) is 11.2 Å². The number of imidazole rings is 1. The molecule has 1 aliphatic rings. The Morgan fingerprint density at radius 1 is 1.35 bits per heavy atom. The lowest BCUT2D eigenvalue weighted by Gasteiger charge is -2.16. The third kappa shape index (κ3) is 3.16. The molecule has 1 saturated heterocycles. The second-order valence-corrected chi connectivity index (χ2v) is 7.28. The molecule has 0 spiro atoms. The van der Waals surface area contributed by atoms with Gasteiger partial charge in [0.15, 0.2) is 11.9 Å². The van der Waals surface area contributed by atoms with Crippen molar-refractivity contribution in [2.24, 2.45) is 5.92 Å². The molecule has 0 bridgehead atoms. The third-order valence-corrected chi connectivity index (χ3v) is 5.30. The van der Waals surface area contributed by atoms with Gasteiger partial charge in [-0.1, -0.05) is 13.8 Å². The number of aliphatic hydroxyl groups excluding tert-OH is 2. The highest BCUT2D eigenvalue weighted by atomic mass is 32.2. The van der Waals surface area contributed by atoms with Crippen LogP contribution in [0.1, 0.15) is 20.1 Å². The zero-order chi connectivity index (χ0) is 16.6. The first kappa shape index (κ1) is 16.5. The molecule has 4 N–H and O–H groups in total. The number of ether oxygens (including phenoxy) is 1. The van der Waals surface area contributed by atoms with Crippen molar-refractivity contribution >= 4 is 28.6 Å². The highest BCUT2D eigenvalue weighted by Gasteiger charge is 2.44. The molecule has 1 aliphatic heterocycles. The number of fused-ring (bicyclic) bond motifs is 1. The number of nitrogens with zero attached hydrogens (tertiary/aromatic N) is 3. The van der Waals surface area contributed by atoms with E-state index in [4.69, 9.17) is 10.5 Å². The van der Waals surface area contributed by atoms with Gasteiger partial charge in [0.1, 0.15) is 17.7 Å². The molecule has 8 heteroatoms. The van der Waals surface area contributed by atoms with Gasteiger partial charge in [-0.05, 0) is 17.7 Å². The smallest absolute Gasteiger partial charge is 0.165 e. The van der Waals surface area contributed by atoms with Crippen LogP contribution in [0.15, 0.2) is 18.6 Å². The molecule has 1 fully saturated rings. The third-order valence-electron chi connectivity index (χ3n) is 3.84. The van der Waals surface area contributed by atoms with Gasteiger partial charge in [0.2, 0.25) is 0 Å². The summed E-state index contributed by atoms with van der Waals surface area (Å²) in [6.07, 6.45) is 0.0339. The van der Waals surface area contributed by atoms with Crippen molar-refractivity contribution in [2.45, 2.75) is 38.4 Å². The molecule has 0 aliphatic carbocycles. The summed E-state index contributed by atoms with van der Waals surface area (Å²) in [4.78, 5) is 8.49. The molecule has 126 valence electrons. The lowest BCUT2D eigenvalue weighted by atomic mass is 10.1. The molecule has 2 aromatic heterocycles. The lowest BCUT2D eigenvalue weighted by molar-refractivity contribution is -0.0289. The Morgan fingerprint density at radius 2 is 2.13 bits per heavy atom. The van der Waals surface area contributed by atoms with Gasteiger partial charge >= 0.3 is 0 Å². The predicted octanol–water partition coefficient (Wildman–Crippen LogP) is 1.02. The first-order valence-electron chi connectivity index (χ1n) is 7.65. The number of anilines is 1. The summed E-state index contributed by atoms with van der Waals surface area (Å²) in [6.45, 7) is 4.29. The predicted molar refractivity (Wildman–Crippen MR) is 90.0 cm³/mol. The molecule has 7 nitrogen and oxygen atoms in total. The summed E-state index contributed by atoms with van der Waals surface area (Å²) in [5.41, 5.74) is 7.50. The number of nitrogens with two attached hydrogens (primary N) is 1. The van der Waals surface area contributed by atoms with Gasteiger partial charge in [-0.2, -0.15) is 11.8 Å². The van der Waals surface area contributed by atoms with Crippen LogP contribution in [-0.2, 0) is 4.74 Å². The topological polar surface area (TPSA) is 106 Å². The Hall–Kier alpha value is -1.35. The maximum atomic E-state index is 10.3. The van der Waals surface area contributed by atoms with E-state index >= 15 is 0 Å². The molecule has 0 amide bonds. The average molecular weight is 338 g/mol. The molecule has 0 radical (unpaired) electrons. The highest BCUT2D eigenvalue weighted by molar-refractivity contribution is 7.99. The minimum Gasteiger partial charge on any atom is -0.397 e. The first-order valence-corrected chi connectivity index (χ1v) is 8.81. The van der Waals surface area contributed by atoms with Crippen molar-refractivity contribution < 1.29 is 14.9 Å². The van der Waals surface area contributed by atoms with Crippen molar-refractivity contribution in [3.8, 4) is 0 Å². The van der Waals surface area contributed by atoms with Crippen LogP contribution < -0.4 is 5.73 Å². The van der Waals surface area contributed by atoms with Crippen molar-refractivity contribution in [3.05, 3.63) is 18.6 Å². The van der Waals surface area contributed by atoms with Crippen LogP contribution in [0.5, 0.6) is 0 Å². The van der Waals surface area contributed by atoms with E-state index in [1.54, 1.807) is 28.6 Å². The maximum absolute atomic E-state index is 10.3. The van der Waals surface area contributed by atoms with Gasteiger partial charge in [0.25, 0.3) is 0 Å². The zero-order valence-corrected chi connectivity index (χ0v) is 14.0. The second kappa shape index (κ2) is 6.64. The number of aromatic nitrogens is 3. The summed E-state index contributed by atoms with van der Waals surface area (Å²) >= 11 is 1.71. The minimum absolute atomic E-state index is 0.419. The number of aliphatic hydroxyl groups is 2. The summed E-state index contributed by atoms with van der Waals surface area (Å²) in [5.74, 6) is 2.19. The van der Waals surface area contributed by atoms with Crippen molar-refractivity contribution in [2.75, 3.05) is 17.2 Å². The van der Waals surface area contributed by atoms with Crippen LogP contribution in [0.3, 0.4) is 0 Å². The Bertz CT molecular complexity index is 678. The van der Waals surface area contributed by atoms with E-state index in [-0.39, 0.29) is 0 Å². The molecule has 0 saturated carbocycles. The number of rotatable bonds is 5. The van der Waals surface area contributed by atoms with Crippen LogP contribution in [-0.4, -0.2) is 54.6 Å². The molecular formula is C15H22N4O3S. The maximum Gasteiger partial charge on any atom is 0.165 e. The first-order chi connectivity index (χ1) is 11.0. The van der Waals surface area contributed by atoms with Gasteiger partial charge in [0.05, 0.1) is 18.1 Å². The van der Waals surface area contributed by atoms with E-state index < -0.39 is 24.5 Å². The standard InChI is InChI=1S/C15H22N4O3S/c1-8(2)5-23-6-10-12(20)13(21)15(22-10)19-7-18-11-9(16)3-4-17-14(11)19/h3-4,7-8,10,12-13,15,20-21H,5-6H2,1-2H3,(H2,16,17)/t10-,12-,13-,15?/m1/s1. The van der Waals surface area contributed by atoms with E-state index in [9.17, 15) is 10.2 Å². The number of thioether (sulfide) groups is 1. The van der Waals surface area contributed by atoms with Gasteiger partial charge < -0.3 is 20.7 Å². The van der Waals surface area contributed by atoms with Crippen LogP contribution in [0.2, 0.25) is 0 Å². The Labute approximate surface area is 138 Å². The summed E-state index contributed by atoms with van der Waals surface area (Å²) in [5, 5.41) is 20.6. The van der Waals surface area contributed by atoms with Crippen LogP contribution in [0, 0.1) is 5.92 Å². The monoisotopic (exact) mass is 338 g/mol. The Balaban J connectivity index is 1.78. The van der Waals surface area contributed by atoms with Crippen LogP contribution >= 0.6 is 11.8 Å². The minimum atomic E-state index is -1.03. The van der Waals surface area contributed by atoms with Crippen molar-refractivity contribution in [1.29, 1.82) is 0 Å². The number of pyridine rings is 1. The van der Waals surface area contributed by atoms with Gasteiger partial charge in [-0.25, -0.2) is 9.97 Å². The SMILES string of the molecule is CC(C)CSC[C@H]1OC(n2cnc3c(N)ccnc32)[C@H](O)[C@@H]1O. The van der Waals surface area contributed by atoms with Crippen molar-refractivity contribution in [1.82, 2.24) is 14.5 Å². The van der Waals surface area contributed by atoms with Gasteiger partial charge in [-0.15, -0.1) is 0 Å². The van der Waals surface area contributed by atoms with E-state index in [1.165, 1.54) is 6.33 Å². The lowest BCUT2D eigenvalue weighted by Crippen LogP contribution is -2.32. The summed E-state index contributed by atoms with van der Waals surface area (Å²) in [6, 6.07) is 1.67. The van der Waals surface area contributed by atoms with E-state index in [0.717, 1.165) is 5.75 Å².